The molecule has 8 nitrogen and oxygen atoms in total. The Balaban J connectivity index is 3.20. The fourth-order valence-corrected chi connectivity index (χ4v) is 2.36. The molecule has 0 aromatic heterocycles. The molecule has 0 aliphatic heterocycles. The Morgan fingerprint density at radius 1 is 1.00 bits per heavy atom. The molecule has 0 saturated heterocycles. The highest BCUT2D eigenvalue weighted by Gasteiger charge is 2.13. The number of hydrogen-bond donors (Lipinski definition) is 4. The van der Waals surface area contributed by atoms with Crippen LogP contribution in [0.3, 0.4) is 0 Å². The van der Waals surface area contributed by atoms with Crippen LogP contribution >= 0.6 is 11.6 Å². The van der Waals surface area contributed by atoms with Gasteiger partial charge in [0.2, 0.25) is 0 Å². The lowest BCUT2D eigenvalue weighted by Gasteiger charge is -2.11. The van der Waals surface area contributed by atoms with Crippen molar-refractivity contribution >= 4 is 43.6 Å². The second-order valence-corrected chi connectivity index (χ2v) is 6.02. The molecule has 1 rings (SSSR count). The summed E-state index contributed by atoms with van der Waals surface area (Å²) in [5, 5.41) is -0.163. The molecule has 0 unspecified atom stereocenters. The van der Waals surface area contributed by atoms with Gasteiger partial charge < -0.3 is 0 Å². The minimum atomic E-state index is -4.49. The van der Waals surface area contributed by atoms with E-state index in [-0.39, 0.29) is 22.0 Å². The maximum Gasteiger partial charge on any atom is 0.357 e. The van der Waals surface area contributed by atoms with Gasteiger partial charge in [-0.15, -0.1) is 0 Å². The predicted octanol–water partition coefficient (Wildman–Crippen LogP) is 1.08. The zero-order valence-electron chi connectivity index (χ0n) is 8.88. The Kier molecular flexibility index (Phi) is 4.08. The fraction of sp³-hybridized carbons (Fsp3) is 0.143. The minimum absolute atomic E-state index is 0.0246. The van der Waals surface area contributed by atoms with Crippen molar-refractivity contribution < 1.29 is 25.9 Å². The Bertz CT molecular complexity index is 610. The van der Waals surface area contributed by atoms with Crippen molar-refractivity contribution in [2.45, 2.75) is 6.92 Å². The molecular formula is C7H9ClN2O6S2. The predicted molar refractivity (Wildman–Crippen MR) is 66.5 cm³/mol. The fourth-order valence-electron chi connectivity index (χ4n) is 1.15. The standard InChI is InChI=1S/C7H9ClN2O6S2/c1-4-2-7(10-18(14,15)16)5(8)3-6(4)9-17(11,12)13/h2-3,9-10H,1H3,(H,11,12,13)(H,14,15,16). The lowest BCUT2D eigenvalue weighted by atomic mass is 10.2. The summed E-state index contributed by atoms with van der Waals surface area (Å²) in [7, 11) is -8.95. The third-order valence-corrected chi connectivity index (χ3v) is 3.06. The summed E-state index contributed by atoms with van der Waals surface area (Å²) in [6.45, 7) is 1.44. The molecule has 1 aromatic carbocycles. The lowest BCUT2D eigenvalue weighted by Crippen LogP contribution is -2.13. The Morgan fingerprint density at radius 3 is 1.89 bits per heavy atom. The van der Waals surface area contributed by atoms with Gasteiger partial charge in [0.1, 0.15) is 0 Å². The maximum absolute atomic E-state index is 10.6. The van der Waals surface area contributed by atoms with Crippen LogP contribution in [-0.4, -0.2) is 25.9 Å². The van der Waals surface area contributed by atoms with Gasteiger partial charge in [-0.2, -0.15) is 16.8 Å². The lowest BCUT2D eigenvalue weighted by molar-refractivity contribution is 0.487. The summed E-state index contributed by atoms with van der Waals surface area (Å²) in [5.41, 5.74) is 0.129. The van der Waals surface area contributed by atoms with Gasteiger partial charge in [0.15, 0.2) is 0 Å². The maximum atomic E-state index is 10.6. The van der Waals surface area contributed by atoms with E-state index in [1.165, 1.54) is 13.0 Å². The molecule has 0 radical (unpaired) electrons. The van der Waals surface area contributed by atoms with E-state index < -0.39 is 20.6 Å². The number of nitrogens with one attached hydrogen (secondary N) is 2. The second-order valence-electron chi connectivity index (χ2n) is 3.30. The Labute approximate surface area is 109 Å². The molecule has 11 heteroatoms. The number of aryl methyl sites for hydroxylation is 1. The van der Waals surface area contributed by atoms with Gasteiger partial charge in [0.05, 0.1) is 16.4 Å². The van der Waals surface area contributed by atoms with Crippen molar-refractivity contribution in [3.8, 4) is 0 Å². The number of rotatable bonds is 4. The largest absolute Gasteiger partial charge is 0.357 e. The van der Waals surface area contributed by atoms with Crippen molar-refractivity contribution in [1.82, 2.24) is 0 Å². The molecule has 102 valence electrons. The van der Waals surface area contributed by atoms with Crippen LogP contribution in [0.5, 0.6) is 0 Å². The summed E-state index contributed by atoms with van der Waals surface area (Å²) < 4.78 is 63.2. The van der Waals surface area contributed by atoms with Crippen molar-refractivity contribution in [3.05, 3.63) is 22.7 Å². The normalized spacial score (nSPS) is 12.2. The number of halogens is 1. The van der Waals surface area contributed by atoms with Crippen LogP contribution < -0.4 is 9.44 Å². The molecule has 18 heavy (non-hydrogen) atoms. The molecule has 4 N–H and O–H groups in total. The average Bonchev–Trinajstić information content (AvgIpc) is 2.08. The van der Waals surface area contributed by atoms with Gasteiger partial charge in [-0.1, -0.05) is 11.6 Å². The third kappa shape index (κ3) is 4.66. The van der Waals surface area contributed by atoms with E-state index in [1.54, 1.807) is 9.44 Å². The highest BCUT2D eigenvalue weighted by Crippen LogP contribution is 2.29. The van der Waals surface area contributed by atoms with Crippen LogP contribution in [0.1, 0.15) is 5.56 Å². The van der Waals surface area contributed by atoms with Gasteiger partial charge in [-0.3, -0.25) is 18.5 Å². The van der Waals surface area contributed by atoms with Gasteiger partial charge in [0, 0.05) is 0 Å². The Hall–Kier alpha value is -1.07. The van der Waals surface area contributed by atoms with Gasteiger partial charge in [-0.05, 0) is 24.6 Å². The van der Waals surface area contributed by atoms with Gasteiger partial charge in [-0.25, -0.2) is 0 Å². The van der Waals surface area contributed by atoms with E-state index in [1.807, 2.05) is 0 Å². The van der Waals surface area contributed by atoms with Crippen molar-refractivity contribution in [3.63, 3.8) is 0 Å². The highest BCUT2D eigenvalue weighted by molar-refractivity contribution is 7.87. The molecule has 0 amide bonds. The Morgan fingerprint density at radius 2 is 1.44 bits per heavy atom. The number of anilines is 2. The molecule has 0 aliphatic carbocycles. The first-order valence-corrected chi connectivity index (χ1v) is 7.54. The topological polar surface area (TPSA) is 133 Å². The highest BCUT2D eigenvalue weighted by atomic mass is 35.5. The van der Waals surface area contributed by atoms with E-state index in [4.69, 9.17) is 20.7 Å². The van der Waals surface area contributed by atoms with E-state index in [2.05, 4.69) is 0 Å². The third-order valence-electron chi connectivity index (χ3n) is 1.79. The summed E-state index contributed by atoms with van der Waals surface area (Å²) >= 11 is 5.68. The zero-order valence-corrected chi connectivity index (χ0v) is 11.3. The summed E-state index contributed by atoms with van der Waals surface area (Å²) in [4.78, 5) is 0. The minimum Gasteiger partial charge on any atom is -0.269 e. The molecule has 0 fully saturated rings. The van der Waals surface area contributed by atoms with Crippen molar-refractivity contribution in [2.24, 2.45) is 0 Å². The number of benzene rings is 1. The molecule has 0 saturated carbocycles. The smallest absolute Gasteiger partial charge is 0.269 e. The van der Waals surface area contributed by atoms with Crippen molar-refractivity contribution in [1.29, 1.82) is 0 Å². The van der Waals surface area contributed by atoms with Gasteiger partial charge >= 0.3 is 20.6 Å². The van der Waals surface area contributed by atoms with Crippen LogP contribution in [0.2, 0.25) is 5.02 Å². The first-order chi connectivity index (χ1) is 7.98. The second kappa shape index (κ2) is 4.90. The van der Waals surface area contributed by atoms with Crippen LogP contribution in [0, 0.1) is 6.92 Å². The van der Waals surface area contributed by atoms with Crippen LogP contribution in [0.15, 0.2) is 12.1 Å². The van der Waals surface area contributed by atoms with Crippen LogP contribution in [0.4, 0.5) is 11.4 Å². The average molecular weight is 317 g/mol. The summed E-state index contributed by atoms with van der Waals surface area (Å²) in [6, 6.07) is 2.27. The van der Waals surface area contributed by atoms with E-state index in [0.717, 1.165) is 6.07 Å². The zero-order chi connectivity index (χ0) is 14.1. The number of hydrogen-bond acceptors (Lipinski definition) is 4. The van der Waals surface area contributed by atoms with Crippen LogP contribution in [-0.2, 0) is 20.6 Å². The van der Waals surface area contributed by atoms with E-state index >= 15 is 0 Å². The van der Waals surface area contributed by atoms with Crippen LogP contribution in [0.25, 0.3) is 0 Å². The quantitative estimate of drug-likeness (QED) is 0.614. The SMILES string of the molecule is Cc1cc(NS(=O)(=O)O)c(Cl)cc1NS(=O)(=O)O. The first-order valence-electron chi connectivity index (χ1n) is 4.28. The van der Waals surface area contributed by atoms with Crippen molar-refractivity contribution in [2.75, 3.05) is 9.44 Å². The molecule has 0 atom stereocenters. The molecular weight excluding hydrogens is 308 g/mol. The molecule has 0 spiro atoms. The molecule has 1 aromatic rings. The summed E-state index contributed by atoms with van der Waals surface area (Å²) in [6.07, 6.45) is 0. The summed E-state index contributed by atoms with van der Waals surface area (Å²) in [5.74, 6) is 0. The molecule has 0 bridgehead atoms. The molecule has 0 heterocycles. The monoisotopic (exact) mass is 316 g/mol. The molecule has 0 aliphatic rings. The van der Waals surface area contributed by atoms with E-state index in [9.17, 15) is 16.8 Å². The van der Waals surface area contributed by atoms with E-state index in [0.29, 0.717) is 0 Å². The first kappa shape index (κ1) is 15.0. The van der Waals surface area contributed by atoms with Gasteiger partial charge in [0.25, 0.3) is 0 Å².